The van der Waals surface area contributed by atoms with Gasteiger partial charge in [0, 0.05) is 10.9 Å². The molecule has 0 heterocycles. The van der Waals surface area contributed by atoms with E-state index in [9.17, 15) is 9.50 Å². The lowest BCUT2D eigenvalue weighted by atomic mass is 9.68. The number of rotatable bonds is 3. The molecule has 1 aromatic rings. The van der Waals surface area contributed by atoms with Gasteiger partial charge < -0.3 is 5.11 Å². The predicted octanol–water partition coefficient (Wildman–Crippen LogP) is 4.71. The number of benzene rings is 1. The zero-order valence-corrected chi connectivity index (χ0v) is 13.2. The fraction of sp³-hybridized carbons (Fsp3) is 0.625. The summed E-state index contributed by atoms with van der Waals surface area (Å²) in [4.78, 5) is 0. The molecule has 2 atom stereocenters. The molecule has 1 N–H and O–H groups in total. The van der Waals surface area contributed by atoms with Crippen molar-refractivity contribution in [2.45, 2.75) is 51.6 Å². The first-order chi connectivity index (χ1) is 8.92. The van der Waals surface area contributed by atoms with Gasteiger partial charge in [0.2, 0.25) is 0 Å². The van der Waals surface area contributed by atoms with E-state index in [1.165, 1.54) is 12.5 Å². The molecule has 2 unspecified atom stereocenters. The van der Waals surface area contributed by atoms with E-state index in [1.54, 1.807) is 12.1 Å². The Morgan fingerprint density at radius 1 is 1.42 bits per heavy atom. The van der Waals surface area contributed by atoms with Gasteiger partial charge in [-0.25, -0.2) is 4.39 Å². The van der Waals surface area contributed by atoms with Crippen LogP contribution in [0.15, 0.2) is 22.7 Å². The van der Waals surface area contributed by atoms with E-state index < -0.39 is 5.60 Å². The Bertz CT molecular complexity index is 446. The van der Waals surface area contributed by atoms with Crippen molar-refractivity contribution in [1.29, 1.82) is 0 Å². The smallest absolute Gasteiger partial charge is 0.126 e. The van der Waals surface area contributed by atoms with Crippen molar-refractivity contribution in [3.63, 3.8) is 0 Å². The van der Waals surface area contributed by atoms with Crippen LogP contribution in [-0.4, -0.2) is 10.7 Å². The lowest BCUT2D eigenvalue weighted by Gasteiger charge is -2.42. The molecule has 1 aliphatic carbocycles. The summed E-state index contributed by atoms with van der Waals surface area (Å²) in [5.74, 6) is 0.477. The van der Waals surface area contributed by atoms with Crippen molar-refractivity contribution in [1.82, 2.24) is 0 Å². The third kappa shape index (κ3) is 3.38. The van der Waals surface area contributed by atoms with Crippen LogP contribution in [0.4, 0.5) is 4.39 Å². The minimum Gasteiger partial charge on any atom is -0.389 e. The molecule has 0 radical (unpaired) electrons. The van der Waals surface area contributed by atoms with Crippen molar-refractivity contribution in [3.05, 3.63) is 34.1 Å². The van der Waals surface area contributed by atoms with Crippen molar-refractivity contribution < 1.29 is 9.50 Å². The van der Waals surface area contributed by atoms with E-state index >= 15 is 0 Å². The molecular formula is C16H22BrFO. The summed E-state index contributed by atoms with van der Waals surface area (Å²) in [7, 11) is 0. The molecule has 3 heteroatoms. The summed E-state index contributed by atoms with van der Waals surface area (Å²) in [6, 6.07) is 4.96. The number of halogens is 2. The van der Waals surface area contributed by atoms with Gasteiger partial charge in [0.15, 0.2) is 0 Å². The lowest BCUT2D eigenvalue weighted by Crippen LogP contribution is -2.45. The van der Waals surface area contributed by atoms with Gasteiger partial charge >= 0.3 is 0 Å². The molecule has 0 saturated heterocycles. The quantitative estimate of drug-likeness (QED) is 0.852. The highest BCUT2D eigenvalue weighted by atomic mass is 79.9. The van der Waals surface area contributed by atoms with Gasteiger partial charge in [0.25, 0.3) is 0 Å². The predicted molar refractivity (Wildman–Crippen MR) is 79.5 cm³/mol. The Hall–Kier alpha value is -0.410. The largest absolute Gasteiger partial charge is 0.389 e. The Morgan fingerprint density at radius 2 is 2.16 bits per heavy atom. The van der Waals surface area contributed by atoms with Gasteiger partial charge in [0.05, 0.1) is 5.60 Å². The highest BCUT2D eigenvalue weighted by Gasteiger charge is 2.40. The zero-order chi connectivity index (χ0) is 14.0. The van der Waals surface area contributed by atoms with Gasteiger partial charge in [0.1, 0.15) is 5.82 Å². The van der Waals surface area contributed by atoms with E-state index in [4.69, 9.17) is 0 Å². The molecule has 0 aliphatic heterocycles. The maximum atomic E-state index is 13.9. The maximum absolute atomic E-state index is 13.9. The average molecular weight is 329 g/mol. The monoisotopic (exact) mass is 328 g/mol. The van der Waals surface area contributed by atoms with Crippen LogP contribution < -0.4 is 0 Å². The first-order valence-corrected chi connectivity index (χ1v) is 7.88. The number of hydrogen-bond donors (Lipinski definition) is 1. The van der Waals surface area contributed by atoms with Crippen molar-refractivity contribution in [2.75, 3.05) is 0 Å². The fourth-order valence-electron chi connectivity index (χ4n) is 3.43. The summed E-state index contributed by atoms with van der Waals surface area (Å²) in [5, 5.41) is 11.0. The van der Waals surface area contributed by atoms with Gasteiger partial charge in [-0.1, -0.05) is 42.6 Å². The van der Waals surface area contributed by atoms with E-state index in [0.717, 1.165) is 23.7 Å². The van der Waals surface area contributed by atoms with Crippen LogP contribution in [0.3, 0.4) is 0 Å². The number of hydrogen-bond acceptors (Lipinski definition) is 1. The Morgan fingerprint density at radius 3 is 2.84 bits per heavy atom. The molecule has 1 nitrogen and oxygen atoms in total. The summed E-state index contributed by atoms with van der Waals surface area (Å²) >= 11 is 3.37. The standard InChI is InChI=1S/C16H22BrFO/c1-11(2)14-5-3-4-8-16(14,19)10-12-9-13(17)6-7-15(12)18/h6-7,9,11,14,19H,3-5,8,10H2,1-2H3. The molecule has 0 aromatic heterocycles. The van der Waals surface area contributed by atoms with Gasteiger partial charge in [-0.2, -0.15) is 0 Å². The molecule has 106 valence electrons. The van der Waals surface area contributed by atoms with E-state index in [-0.39, 0.29) is 11.7 Å². The summed E-state index contributed by atoms with van der Waals surface area (Å²) in [6.07, 6.45) is 4.45. The molecule has 1 saturated carbocycles. The molecule has 0 amide bonds. The number of aliphatic hydroxyl groups is 1. The second kappa shape index (κ2) is 5.92. The molecule has 0 bridgehead atoms. The second-order valence-corrected chi connectivity index (χ2v) is 7.03. The first-order valence-electron chi connectivity index (χ1n) is 7.09. The molecule has 1 aliphatic rings. The van der Waals surface area contributed by atoms with Crippen molar-refractivity contribution in [2.24, 2.45) is 11.8 Å². The molecule has 2 rings (SSSR count). The van der Waals surface area contributed by atoms with E-state index in [0.29, 0.717) is 17.9 Å². The van der Waals surface area contributed by atoms with Crippen LogP contribution in [0.5, 0.6) is 0 Å². The van der Waals surface area contributed by atoms with Gasteiger partial charge in [-0.05, 0) is 48.4 Å². The second-order valence-electron chi connectivity index (χ2n) is 6.11. The zero-order valence-electron chi connectivity index (χ0n) is 11.6. The Kier molecular flexibility index (Phi) is 4.67. The maximum Gasteiger partial charge on any atom is 0.126 e. The van der Waals surface area contributed by atoms with Crippen LogP contribution in [0.2, 0.25) is 0 Å². The van der Waals surface area contributed by atoms with Crippen molar-refractivity contribution in [3.8, 4) is 0 Å². The minimum absolute atomic E-state index is 0.218. The van der Waals surface area contributed by atoms with Gasteiger partial charge in [-0.3, -0.25) is 0 Å². The summed E-state index contributed by atoms with van der Waals surface area (Å²) < 4.78 is 14.8. The highest BCUT2D eigenvalue weighted by Crippen LogP contribution is 2.41. The fourth-order valence-corrected chi connectivity index (χ4v) is 3.84. The van der Waals surface area contributed by atoms with Crippen molar-refractivity contribution >= 4 is 15.9 Å². The topological polar surface area (TPSA) is 20.2 Å². The molecule has 1 aromatic carbocycles. The van der Waals surface area contributed by atoms with Crippen LogP contribution in [-0.2, 0) is 6.42 Å². The molecule has 0 spiro atoms. The van der Waals surface area contributed by atoms with Crippen LogP contribution in [0.25, 0.3) is 0 Å². The normalized spacial score (nSPS) is 27.8. The molecule has 1 fully saturated rings. The SMILES string of the molecule is CC(C)C1CCCCC1(O)Cc1cc(Br)ccc1F. The molecular weight excluding hydrogens is 307 g/mol. The van der Waals surface area contributed by atoms with Gasteiger partial charge in [-0.15, -0.1) is 0 Å². The minimum atomic E-state index is -0.756. The molecule has 19 heavy (non-hydrogen) atoms. The average Bonchev–Trinajstić information content (AvgIpc) is 2.33. The van der Waals surface area contributed by atoms with E-state index in [1.807, 2.05) is 0 Å². The summed E-state index contributed by atoms with van der Waals surface area (Å²) in [6.45, 7) is 4.30. The summed E-state index contributed by atoms with van der Waals surface area (Å²) in [5.41, 5.74) is -0.141. The third-order valence-corrected chi connectivity index (χ3v) is 4.87. The Labute approximate surface area is 123 Å². The first kappa shape index (κ1) is 15.0. The lowest BCUT2D eigenvalue weighted by molar-refractivity contribution is -0.0657. The van der Waals surface area contributed by atoms with E-state index in [2.05, 4.69) is 29.8 Å². The van der Waals surface area contributed by atoms with Crippen LogP contribution in [0.1, 0.15) is 45.1 Å². The third-order valence-electron chi connectivity index (χ3n) is 4.37. The van der Waals surface area contributed by atoms with Crippen LogP contribution >= 0.6 is 15.9 Å². The van der Waals surface area contributed by atoms with Crippen LogP contribution in [0, 0.1) is 17.7 Å². The highest BCUT2D eigenvalue weighted by molar-refractivity contribution is 9.10. The Balaban J connectivity index is 2.25.